The van der Waals surface area contributed by atoms with E-state index in [1.807, 2.05) is 13.8 Å². The van der Waals surface area contributed by atoms with Gasteiger partial charge in [-0.15, -0.1) is 0 Å². The van der Waals surface area contributed by atoms with Gasteiger partial charge >= 0.3 is 0 Å². The average molecular weight is 210 g/mol. The van der Waals surface area contributed by atoms with Crippen LogP contribution in [0.2, 0.25) is 0 Å². The Hall–Kier alpha value is -1.38. The molecule has 2 nitrogen and oxygen atoms in total. The van der Waals surface area contributed by atoms with E-state index in [4.69, 9.17) is 4.74 Å². The Morgan fingerprint density at radius 1 is 1.47 bits per heavy atom. The van der Waals surface area contributed by atoms with Gasteiger partial charge in [-0.1, -0.05) is 13.8 Å². The molecule has 0 aromatic heterocycles. The summed E-state index contributed by atoms with van der Waals surface area (Å²) < 4.78 is 18.6. The van der Waals surface area contributed by atoms with E-state index >= 15 is 0 Å². The molecule has 0 atom stereocenters. The molecule has 0 saturated heterocycles. The molecule has 1 aromatic rings. The standard InChI is InChI=1S/C12H15FO2/c1-8(2)7-15-12-5-4-10(9(3)14)6-11(12)13/h4-6,8H,7H2,1-3H3. The predicted molar refractivity (Wildman–Crippen MR) is 56.7 cm³/mol. The van der Waals surface area contributed by atoms with Crippen LogP contribution in [-0.4, -0.2) is 12.4 Å². The molecular weight excluding hydrogens is 195 g/mol. The summed E-state index contributed by atoms with van der Waals surface area (Å²) in [6, 6.07) is 4.27. The van der Waals surface area contributed by atoms with E-state index in [2.05, 4.69) is 0 Å². The molecule has 0 aliphatic carbocycles. The van der Waals surface area contributed by atoms with Crippen LogP contribution >= 0.6 is 0 Å². The second-order valence-corrected chi connectivity index (χ2v) is 3.91. The van der Waals surface area contributed by atoms with E-state index in [0.29, 0.717) is 18.1 Å². The van der Waals surface area contributed by atoms with Gasteiger partial charge in [0.2, 0.25) is 0 Å². The third-order valence-electron chi connectivity index (χ3n) is 1.91. The highest BCUT2D eigenvalue weighted by atomic mass is 19.1. The van der Waals surface area contributed by atoms with Crippen LogP contribution in [0.1, 0.15) is 31.1 Å². The van der Waals surface area contributed by atoms with Crippen molar-refractivity contribution in [1.29, 1.82) is 0 Å². The fraction of sp³-hybridized carbons (Fsp3) is 0.417. The van der Waals surface area contributed by atoms with Crippen molar-refractivity contribution in [3.8, 4) is 5.75 Å². The Morgan fingerprint density at radius 3 is 2.60 bits per heavy atom. The summed E-state index contributed by atoms with van der Waals surface area (Å²) in [4.78, 5) is 11.0. The second-order valence-electron chi connectivity index (χ2n) is 3.91. The first-order chi connectivity index (χ1) is 7.00. The summed E-state index contributed by atoms with van der Waals surface area (Å²) in [7, 11) is 0. The quantitative estimate of drug-likeness (QED) is 0.714. The number of halogens is 1. The molecule has 0 heterocycles. The lowest BCUT2D eigenvalue weighted by Gasteiger charge is -2.09. The van der Waals surface area contributed by atoms with E-state index in [1.54, 1.807) is 6.07 Å². The maximum absolute atomic E-state index is 13.4. The highest BCUT2D eigenvalue weighted by Gasteiger charge is 2.07. The van der Waals surface area contributed by atoms with Gasteiger partial charge < -0.3 is 4.74 Å². The van der Waals surface area contributed by atoms with Crippen molar-refractivity contribution in [2.24, 2.45) is 5.92 Å². The summed E-state index contributed by atoms with van der Waals surface area (Å²) in [6.07, 6.45) is 0. The first-order valence-corrected chi connectivity index (χ1v) is 4.94. The Kier molecular flexibility index (Phi) is 3.83. The summed E-state index contributed by atoms with van der Waals surface area (Å²) in [5, 5.41) is 0. The van der Waals surface area contributed by atoms with E-state index < -0.39 is 5.82 Å². The number of hydrogen-bond acceptors (Lipinski definition) is 2. The van der Waals surface area contributed by atoms with Crippen LogP contribution in [0.25, 0.3) is 0 Å². The fourth-order valence-electron chi connectivity index (χ4n) is 1.09. The monoisotopic (exact) mass is 210 g/mol. The molecule has 0 saturated carbocycles. The Balaban J connectivity index is 2.79. The van der Waals surface area contributed by atoms with Gasteiger partial charge in [-0.25, -0.2) is 4.39 Å². The molecule has 0 radical (unpaired) electrons. The van der Waals surface area contributed by atoms with Gasteiger partial charge in [0, 0.05) is 5.56 Å². The normalized spacial score (nSPS) is 10.5. The van der Waals surface area contributed by atoms with Crippen LogP contribution < -0.4 is 4.74 Å². The summed E-state index contributed by atoms with van der Waals surface area (Å²) in [5.41, 5.74) is 0.365. The van der Waals surface area contributed by atoms with Crippen molar-refractivity contribution >= 4 is 5.78 Å². The van der Waals surface area contributed by atoms with Crippen LogP contribution in [0, 0.1) is 11.7 Å². The van der Waals surface area contributed by atoms with Gasteiger partial charge in [0.15, 0.2) is 17.3 Å². The number of hydrogen-bond donors (Lipinski definition) is 0. The molecule has 82 valence electrons. The van der Waals surface area contributed by atoms with Gasteiger partial charge in [-0.05, 0) is 31.0 Å². The van der Waals surface area contributed by atoms with Crippen LogP contribution in [-0.2, 0) is 0 Å². The van der Waals surface area contributed by atoms with Crippen molar-refractivity contribution in [2.45, 2.75) is 20.8 Å². The molecule has 0 bridgehead atoms. The maximum atomic E-state index is 13.4. The van der Waals surface area contributed by atoms with E-state index in [-0.39, 0.29) is 11.5 Å². The minimum absolute atomic E-state index is 0.149. The van der Waals surface area contributed by atoms with Gasteiger partial charge in [0.1, 0.15) is 0 Å². The highest BCUT2D eigenvalue weighted by molar-refractivity contribution is 5.94. The number of benzene rings is 1. The van der Waals surface area contributed by atoms with Gasteiger partial charge in [-0.2, -0.15) is 0 Å². The van der Waals surface area contributed by atoms with Crippen LogP contribution in [0.5, 0.6) is 5.75 Å². The summed E-state index contributed by atoms with van der Waals surface area (Å²) >= 11 is 0. The number of carbonyl (C=O) groups excluding carboxylic acids is 1. The zero-order valence-corrected chi connectivity index (χ0v) is 9.21. The Labute approximate surface area is 89.1 Å². The molecule has 0 aliphatic rings. The average Bonchev–Trinajstić information content (AvgIpc) is 2.15. The van der Waals surface area contributed by atoms with Crippen LogP contribution in [0.15, 0.2) is 18.2 Å². The lowest BCUT2D eigenvalue weighted by molar-refractivity contribution is 0.101. The molecule has 3 heteroatoms. The third-order valence-corrected chi connectivity index (χ3v) is 1.91. The molecule has 0 aliphatic heterocycles. The topological polar surface area (TPSA) is 26.3 Å². The zero-order valence-electron chi connectivity index (χ0n) is 9.21. The lowest BCUT2D eigenvalue weighted by atomic mass is 10.1. The first kappa shape index (κ1) is 11.7. The van der Waals surface area contributed by atoms with Gasteiger partial charge in [-0.3, -0.25) is 4.79 Å². The number of carbonyl (C=O) groups is 1. The molecule has 0 amide bonds. The maximum Gasteiger partial charge on any atom is 0.165 e. The largest absolute Gasteiger partial charge is 0.490 e. The molecule has 0 fully saturated rings. The number of ketones is 1. The minimum atomic E-state index is -0.483. The molecular formula is C12H15FO2. The lowest BCUT2D eigenvalue weighted by Crippen LogP contribution is -2.06. The molecule has 0 spiro atoms. The molecule has 15 heavy (non-hydrogen) atoms. The molecule has 1 aromatic carbocycles. The van der Waals surface area contributed by atoms with Crippen molar-refractivity contribution in [3.63, 3.8) is 0 Å². The van der Waals surface area contributed by atoms with Crippen molar-refractivity contribution < 1.29 is 13.9 Å². The minimum Gasteiger partial charge on any atom is -0.490 e. The number of Topliss-reactive ketones (excluding diaryl/α,β-unsaturated/α-hetero) is 1. The van der Waals surface area contributed by atoms with Crippen molar-refractivity contribution in [3.05, 3.63) is 29.6 Å². The summed E-state index contributed by atoms with van der Waals surface area (Å²) in [6.45, 7) is 5.85. The highest BCUT2D eigenvalue weighted by Crippen LogP contribution is 2.19. The van der Waals surface area contributed by atoms with Crippen molar-refractivity contribution in [1.82, 2.24) is 0 Å². The zero-order chi connectivity index (χ0) is 11.4. The fourth-order valence-corrected chi connectivity index (χ4v) is 1.09. The van der Waals surface area contributed by atoms with Crippen LogP contribution in [0.3, 0.4) is 0 Å². The SMILES string of the molecule is CC(=O)c1ccc(OCC(C)C)c(F)c1. The summed E-state index contributed by atoms with van der Waals surface area (Å²) in [5.74, 6) is -0.0850. The smallest absolute Gasteiger partial charge is 0.165 e. The van der Waals surface area contributed by atoms with E-state index in [0.717, 1.165) is 0 Å². The molecule has 0 N–H and O–H groups in total. The second kappa shape index (κ2) is 4.91. The Morgan fingerprint density at radius 2 is 2.13 bits per heavy atom. The van der Waals surface area contributed by atoms with Crippen molar-refractivity contribution in [2.75, 3.05) is 6.61 Å². The molecule has 1 rings (SSSR count). The van der Waals surface area contributed by atoms with E-state index in [9.17, 15) is 9.18 Å². The van der Waals surface area contributed by atoms with Crippen LogP contribution in [0.4, 0.5) is 4.39 Å². The van der Waals surface area contributed by atoms with Gasteiger partial charge in [0.05, 0.1) is 6.61 Å². The predicted octanol–water partition coefficient (Wildman–Crippen LogP) is 3.06. The third kappa shape index (κ3) is 3.35. The van der Waals surface area contributed by atoms with Gasteiger partial charge in [0.25, 0.3) is 0 Å². The van der Waals surface area contributed by atoms with E-state index in [1.165, 1.54) is 19.1 Å². The first-order valence-electron chi connectivity index (χ1n) is 4.94. The number of rotatable bonds is 4. The number of ether oxygens (including phenoxy) is 1. The molecule has 0 unspecified atom stereocenters. The Bertz CT molecular complexity index is 359.